The lowest BCUT2D eigenvalue weighted by atomic mass is 10.2. The molecule has 1 aromatic heterocycles. The van der Waals surface area contributed by atoms with Crippen LogP contribution in [0.25, 0.3) is 11.5 Å². The highest BCUT2D eigenvalue weighted by Gasteiger charge is 2.21. The molecule has 0 saturated heterocycles. The average molecular weight is 280 g/mol. The van der Waals surface area contributed by atoms with Crippen molar-refractivity contribution in [1.82, 2.24) is 15.5 Å². The summed E-state index contributed by atoms with van der Waals surface area (Å²) in [4.78, 5) is 10.3. The third kappa shape index (κ3) is 3.15. The number of aromatic nitrogens is 2. The van der Waals surface area contributed by atoms with Gasteiger partial charge in [-0.2, -0.15) is 0 Å². The molecule has 2 aromatic rings. The summed E-state index contributed by atoms with van der Waals surface area (Å²) in [5.41, 5.74) is -0.309. The van der Waals surface area contributed by atoms with Gasteiger partial charge >= 0.3 is 0 Å². The Kier molecular flexibility index (Phi) is 4.04. The molecule has 0 radical (unpaired) electrons. The van der Waals surface area contributed by atoms with Gasteiger partial charge in [0.15, 0.2) is 0 Å². The normalized spacial score (nSPS) is 11.0. The zero-order chi connectivity index (χ0) is 14.7. The quantitative estimate of drug-likeness (QED) is 0.667. The minimum Gasteiger partial charge on any atom is -0.419 e. The van der Waals surface area contributed by atoms with Crippen molar-refractivity contribution in [2.45, 2.75) is 26.4 Å². The van der Waals surface area contributed by atoms with E-state index in [4.69, 9.17) is 4.42 Å². The second-order valence-electron chi connectivity index (χ2n) is 4.46. The zero-order valence-corrected chi connectivity index (χ0v) is 11.0. The number of hydrogen-bond donors (Lipinski definition) is 1. The van der Waals surface area contributed by atoms with Crippen LogP contribution in [0.3, 0.4) is 0 Å². The maximum atomic E-state index is 13.2. The van der Waals surface area contributed by atoms with Crippen molar-refractivity contribution in [3.63, 3.8) is 0 Å². The number of rotatable bonds is 5. The monoisotopic (exact) mass is 280 g/mol. The molecule has 0 fully saturated rings. The first kappa shape index (κ1) is 14.1. The molecule has 1 heterocycles. The van der Waals surface area contributed by atoms with E-state index in [9.17, 15) is 14.5 Å². The van der Waals surface area contributed by atoms with Gasteiger partial charge in [-0.1, -0.05) is 13.8 Å². The van der Waals surface area contributed by atoms with Crippen LogP contribution in [0.15, 0.2) is 22.6 Å². The highest BCUT2D eigenvalue weighted by atomic mass is 19.1. The van der Waals surface area contributed by atoms with E-state index in [0.29, 0.717) is 6.54 Å². The Labute approximate surface area is 114 Å². The molecule has 0 spiro atoms. The van der Waals surface area contributed by atoms with Crippen LogP contribution >= 0.6 is 0 Å². The number of nitrogens with one attached hydrogen (secondary N) is 1. The van der Waals surface area contributed by atoms with Gasteiger partial charge < -0.3 is 9.73 Å². The first-order chi connectivity index (χ1) is 9.47. The summed E-state index contributed by atoms with van der Waals surface area (Å²) in [5.74, 6) is -0.394. The maximum Gasteiger partial charge on any atom is 0.282 e. The summed E-state index contributed by atoms with van der Waals surface area (Å²) >= 11 is 0. The predicted molar refractivity (Wildman–Crippen MR) is 68.3 cm³/mol. The molecular formula is C12H13FN4O3. The highest BCUT2D eigenvalue weighted by Crippen LogP contribution is 2.29. The van der Waals surface area contributed by atoms with E-state index in [2.05, 4.69) is 15.5 Å². The molecule has 0 bridgehead atoms. The average Bonchev–Trinajstić information content (AvgIpc) is 2.84. The van der Waals surface area contributed by atoms with Crippen LogP contribution in [0, 0.1) is 15.9 Å². The Bertz CT molecular complexity index is 627. The molecule has 0 aliphatic heterocycles. The van der Waals surface area contributed by atoms with Gasteiger partial charge in [-0.15, -0.1) is 10.2 Å². The SMILES string of the molecule is CC(C)NCc1nnc(-c2cc(F)ccc2[N+](=O)[O-])o1. The molecule has 0 aliphatic carbocycles. The summed E-state index contributed by atoms with van der Waals surface area (Å²) < 4.78 is 18.5. The van der Waals surface area contributed by atoms with Crippen molar-refractivity contribution in [3.8, 4) is 11.5 Å². The smallest absolute Gasteiger partial charge is 0.282 e. The van der Waals surface area contributed by atoms with Gasteiger partial charge in [0, 0.05) is 12.1 Å². The minimum absolute atomic E-state index is 0.0294. The number of nitrogens with zero attached hydrogens (tertiary/aromatic N) is 3. The van der Waals surface area contributed by atoms with Gasteiger partial charge in [0.2, 0.25) is 5.89 Å². The number of nitro benzene ring substituents is 1. The number of halogens is 1. The van der Waals surface area contributed by atoms with Crippen LogP contribution in [-0.2, 0) is 6.54 Å². The van der Waals surface area contributed by atoms with Crippen LogP contribution in [0.1, 0.15) is 19.7 Å². The predicted octanol–water partition coefficient (Wildman–Crippen LogP) is 2.28. The minimum atomic E-state index is -0.620. The van der Waals surface area contributed by atoms with Gasteiger partial charge in [-0.3, -0.25) is 10.1 Å². The molecule has 2 rings (SSSR count). The molecule has 1 aromatic carbocycles. The molecule has 0 amide bonds. The topological polar surface area (TPSA) is 94.1 Å². The number of benzene rings is 1. The number of nitro groups is 1. The van der Waals surface area contributed by atoms with Gasteiger partial charge in [-0.05, 0) is 12.1 Å². The molecule has 20 heavy (non-hydrogen) atoms. The van der Waals surface area contributed by atoms with Crippen molar-refractivity contribution in [3.05, 3.63) is 40.0 Å². The Hall–Kier alpha value is -2.35. The zero-order valence-electron chi connectivity index (χ0n) is 11.0. The molecule has 0 atom stereocenters. The summed E-state index contributed by atoms with van der Waals surface area (Å²) in [5, 5.41) is 21.5. The van der Waals surface area contributed by atoms with Gasteiger partial charge in [0.05, 0.1) is 11.5 Å². The van der Waals surface area contributed by atoms with Crippen molar-refractivity contribution in [2.75, 3.05) is 0 Å². The molecule has 0 aliphatic rings. The molecule has 0 unspecified atom stereocenters. The first-order valence-electron chi connectivity index (χ1n) is 5.97. The van der Waals surface area contributed by atoms with E-state index < -0.39 is 10.7 Å². The second-order valence-corrected chi connectivity index (χ2v) is 4.46. The van der Waals surface area contributed by atoms with Crippen molar-refractivity contribution < 1.29 is 13.7 Å². The number of hydrogen-bond acceptors (Lipinski definition) is 6. The van der Waals surface area contributed by atoms with Gasteiger partial charge in [0.25, 0.3) is 11.6 Å². The van der Waals surface area contributed by atoms with E-state index >= 15 is 0 Å². The molecule has 8 heteroatoms. The van der Waals surface area contributed by atoms with Crippen LogP contribution in [0.4, 0.5) is 10.1 Å². The summed E-state index contributed by atoms with van der Waals surface area (Å²) in [6.45, 7) is 4.25. The molecule has 0 saturated carbocycles. The van der Waals surface area contributed by atoms with Crippen LogP contribution in [0.5, 0.6) is 0 Å². The lowest BCUT2D eigenvalue weighted by Crippen LogP contribution is -2.21. The van der Waals surface area contributed by atoms with E-state index in [-0.39, 0.29) is 29.1 Å². The third-order valence-electron chi connectivity index (χ3n) is 2.51. The van der Waals surface area contributed by atoms with Crippen molar-refractivity contribution in [2.24, 2.45) is 0 Å². The van der Waals surface area contributed by atoms with Gasteiger partial charge in [0.1, 0.15) is 11.4 Å². The second kappa shape index (κ2) is 5.74. The molecule has 106 valence electrons. The fourth-order valence-corrected chi connectivity index (χ4v) is 1.56. The Morgan fingerprint density at radius 1 is 1.45 bits per heavy atom. The van der Waals surface area contributed by atoms with Crippen LogP contribution in [-0.4, -0.2) is 21.2 Å². The van der Waals surface area contributed by atoms with Crippen LogP contribution in [0.2, 0.25) is 0 Å². The Morgan fingerprint density at radius 3 is 2.85 bits per heavy atom. The Morgan fingerprint density at radius 2 is 2.20 bits per heavy atom. The lowest BCUT2D eigenvalue weighted by Gasteiger charge is -2.03. The van der Waals surface area contributed by atoms with E-state index in [1.54, 1.807) is 0 Å². The van der Waals surface area contributed by atoms with Crippen molar-refractivity contribution >= 4 is 5.69 Å². The van der Waals surface area contributed by atoms with Crippen molar-refractivity contribution in [1.29, 1.82) is 0 Å². The summed E-state index contributed by atoms with van der Waals surface area (Å²) in [6.07, 6.45) is 0. The van der Waals surface area contributed by atoms with Crippen LogP contribution < -0.4 is 5.32 Å². The fourth-order valence-electron chi connectivity index (χ4n) is 1.56. The molecule has 1 N–H and O–H groups in total. The molecular weight excluding hydrogens is 267 g/mol. The largest absolute Gasteiger partial charge is 0.419 e. The summed E-state index contributed by atoms with van der Waals surface area (Å²) in [6, 6.07) is 3.32. The lowest BCUT2D eigenvalue weighted by molar-refractivity contribution is -0.384. The standard InChI is InChI=1S/C12H13FN4O3/c1-7(2)14-6-11-15-16-12(20-11)9-5-8(13)3-4-10(9)17(18)19/h3-5,7,14H,6H2,1-2H3. The van der Waals surface area contributed by atoms with E-state index in [0.717, 1.165) is 18.2 Å². The Balaban J connectivity index is 2.32. The van der Waals surface area contributed by atoms with E-state index in [1.165, 1.54) is 0 Å². The van der Waals surface area contributed by atoms with Gasteiger partial charge in [-0.25, -0.2) is 4.39 Å². The third-order valence-corrected chi connectivity index (χ3v) is 2.51. The molecule has 7 nitrogen and oxygen atoms in total. The highest BCUT2D eigenvalue weighted by molar-refractivity contribution is 5.66. The van der Waals surface area contributed by atoms with E-state index in [1.807, 2.05) is 13.8 Å². The summed E-state index contributed by atoms with van der Waals surface area (Å²) in [7, 11) is 0. The first-order valence-corrected chi connectivity index (χ1v) is 5.97. The fraction of sp³-hybridized carbons (Fsp3) is 0.333. The maximum absolute atomic E-state index is 13.2.